The minimum atomic E-state index is 0.333. The zero-order valence-electron chi connectivity index (χ0n) is 11.9. The predicted octanol–water partition coefficient (Wildman–Crippen LogP) is 1.45. The highest BCUT2D eigenvalue weighted by atomic mass is 16.5. The maximum Gasteiger partial charge on any atom is 0.138 e. The first-order valence-corrected chi connectivity index (χ1v) is 6.65. The molecule has 3 heterocycles. The second-order valence-corrected chi connectivity index (χ2v) is 4.79. The molecule has 0 aromatic carbocycles. The smallest absolute Gasteiger partial charge is 0.138 e. The van der Waals surface area contributed by atoms with E-state index in [0.717, 1.165) is 34.0 Å². The molecule has 2 N–H and O–H groups in total. The second kappa shape index (κ2) is 5.45. The summed E-state index contributed by atoms with van der Waals surface area (Å²) in [5.41, 5.74) is 10.3. The number of nitrogens with two attached hydrogens (primary N) is 1. The maximum absolute atomic E-state index is 5.77. The molecule has 0 unspecified atom stereocenters. The van der Waals surface area contributed by atoms with E-state index in [4.69, 9.17) is 10.3 Å². The van der Waals surface area contributed by atoms with Gasteiger partial charge in [0.15, 0.2) is 0 Å². The van der Waals surface area contributed by atoms with Gasteiger partial charge >= 0.3 is 0 Å². The quantitative estimate of drug-likeness (QED) is 0.779. The number of hydrogen-bond acceptors (Lipinski definition) is 6. The molecule has 0 aliphatic carbocycles. The van der Waals surface area contributed by atoms with Crippen molar-refractivity contribution in [2.45, 2.75) is 26.9 Å². The Hall–Kier alpha value is -2.54. The van der Waals surface area contributed by atoms with E-state index in [1.54, 1.807) is 12.4 Å². The topological polar surface area (TPSA) is 95.7 Å². The van der Waals surface area contributed by atoms with E-state index in [1.165, 1.54) is 0 Å². The van der Waals surface area contributed by atoms with Gasteiger partial charge in [-0.25, -0.2) is 4.68 Å². The maximum atomic E-state index is 5.77. The van der Waals surface area contributed by atoms with Gasteiger partial charge in [-0.15, -0.1) is 5.10 Å². The van der Waals surface area contributed by atoms with Gasteiger partial charge in [-0.1, -0.05) is 10.4 Å². The molecule has 0 radical (unpaired) electrons. The van der Waals surface area contributed by atoms with Crippen molar-refractivity contribution in [3.05, 3.63) is 47.2 Å². The van der Waals surface area contributed by atoms with Crippen molar-refractivity contribution in [2.75, 3.05) is 0 Å². The van der Waals surface area contributed by atoms with Crippen molar-refractivity contribution in [3.63, 3.8) is 0 Å². The van der Waals surface area contributed by atoms with Crippen LogP contribution >= 0.6 is 0 Å². The number of aromatic nitrogens is 5. The van der Waals surface area contributed by atoms with Gasteiger partial charge in [0.2, 0.25) is 0 Å². The van der Waals surface area contributed by atoms with Gasteiger partial charge in [0.1, 0.15) is 11.5 Å². The molecule has 7 heteroatoms. The van der Waals surface area contributed by atoms with E-state index >= 15 is 0 Å². The Labute approximate surface area is 121 Å². The monoisotopic (exact) mass is 284 g/mol. The van der Waals surface area contributed by atoms with Crippen molar-refractivity contribution in [3.8, 4) is 11.3 Å². The third-order valence-electron chi connectivity index (χ3n) is 3.44. The lowest BCUT2D eigenvalue weighted by atomic mass is 10.1. The molecule has 3 aromatic heterocycles. The van der Waals surface area contributed by atoms with Crippen LogP contribution in [0.5, 0.6) is 0 Å². The largest absolute Gasteiger partial charge is 0.361 e. The van der Waals surface area contributed by atoms with Gasteiger partial charge in [-0.05, 0) is 26.0 Å². The summed E-state index contributed by atoms with van der Waals surface area (Å²) in [5, 5.41) is 12.4. The zero-order valence-corrected chi connectivity index (χ0v) is 11.9. The van der Waals surface area contributed by atoms with Crippen molar-refractivity contribution in [1.29, 1.82) is 0 Å². The van der Waals surface area contributed by atoms with Crippen LogP contribution in [-0.4, -0.2) is 25.1 Å². The molecule has 0 atom stereocenters. The Kier molecular flexibility index (Phi) is 3.49. The molecule has 21 heavy (non-hydrogen) atoms. The Morgan fingerprint density at radius 1 is 1.24 bits per heavy atom. The Morgan fingerprint density at radius 3 is 2.62 bits per heavy atom. The number of pyridine rings is 1. The van der Waals surface area contributed by atoms with Crippen LogP contribution in [0.3, 0.4) is 0 Å². The minimum Gasteiger partial charge on any atom is -0.361 e. The highest BCUT2D eigenvalue weighted by molar-refractivity contribution is 5.61. The molecule has 0 spiro atoms. The van der Waals surface area contributed by atoms with Gasteiger partial charge in [0.25, 0.3) is 0 Å². The van der Waals surface area contributed by atoms with Gasteiger partial charge in [-0.3, -0.25) is 4.98 Å². The fourth-order valence-corrected chi connectivity index (χ4v) is 2.30. The highest BCUT2D eigenvalue weighted by Crippen LogP contribution is 2.23. The number of aryl methyl sites for hydroxylation is 2. The molecule has 0 saturated carbocycles. The summed E-state index contributed by atoms with van der Waals surface area (Å²) >= 11 is 0. The third-order valence-corrected chi connectivity index (χ3v) is 3.44. The second-order valence-electron chi connectivity index (χ2n) is 4.79. The molecule has 0 aliphatic rings. The van der Waals surface area contributed by atoms with Gasteiger partial charge in [-0.2, -0.15) is 0 Å². The summed E-state index contributed by atoms with van der Waals surface area (Å²) in [6.45, 7) is 4.69. The van der Waals surface area contributed by atoms with Crippen molar-refractivity contribution < 1.29 is 4.52 Å². The highest BCUT2D eigenvalue weighted by Gasteiger charge is 2.17. The lowest BCUT2D eigenvalue weighted by Gasteiger charge is -2.07. The Bertz CT molecular complexity index is 727. The molecule has 0 fully saturated rings. The lowest BCUT2D eigenvalue weighted by Crippen LogP contribution is -2.07. The molecule has 3 rings (SSSR count). The standard InChI is InChI=1S/C14H16N6O/c1-9-12(10(2)21-18-9)8-20-14(13(7-15)17-19-20)11-3-5-16-6-4-11/h3-6H,7-8,15H2,1-2H3. The molecule has 3 aromatic rings. The number of hydrogen-bond donors (Lipinski definition) is 1. The van der Waals surface area contributed by atoms with Crippen LogP contribution in [0.25, 0.3) is 11.3 Å². The van der Waals surface area contributed by atoms with E-state index in [9.17, 15) is 0 Å². The van der Waals surface area contributed by atoms with Gasteiger partial charge in [0, 0.05) is 30.1 Å². The average Bonchev–Trinajstić information content (AvgIpc) is 3.06. The van der Waals surface area contributed by atoms with E-state index < -0.39 is 0 Å². The van der Waals surface area contributed by atoms with E-state index in [1.807, 2.05) is 30.7 Å². The molecular weight excluding hydrogens is 268 g/mol. The van der Waals surface area contributed by atoms with E-state index in [2.05, 4.69) is 20.5 Å². The summed E-state index contributed by atoms with van der Waals surface area (Å²) in [7, 11) is 0. The first kappa shape index (κ1) is 13.4. The molecule has 108 valence electrons. The van der Waals surface area contributed by atoms with Crippen LogP contribution in [0.4, 0.5) is 0 Å². The molecule has 0 aliphatic heterocycles. The summed E-state index contributed by atoms with van der Waals surface area (Å²) in [6.07, 6.45) is 3.48. The first-order chi connectivity index (χ1) is 10.2. The molecule has 7 nitrogen and oxygen atoms in total. The number of rotatable bonds is 4. The Balaban J connectivity index is 2.06. The summed E-state index contributed by atoms with van der Waals surface area (Å²) < 4.78 is 7.02. The van der Waals surface area contributed by atoms with Crippen molar-refractivity contribution in [1.82, 2.24) is 25.1 Å². The minimum absolute atomic E-state index is 0.333. The molecule has 0 amide bonds. The van der Waals surface area contributed by atoms with Crippen LogP contribution in [0.15, 0.2) is 29.0 Å². The van der Waals surface area contributed by atoms with E-state index in [0.29, 0.717) is 13.1 Å². The van der Waals surface area contributed by atoms with E-state index in [-0.39, 0.29) is 0 Å². The Morgan fingerprint density at radius 2 is 2.00 bits per heavy atom. The van der Waals surface area contributed by atoms with Crippen LogP contribution < -0.4 is 5.73 Å². The number of nitrogens with zero attached hydrogens (tertiary/aromatic N) is 5. The summed E-state index contributed by atoms with van der Waals surface area (Å²) in [4.78, 5) is 4.04. The van der Waals surface area contributed by atoms with Crippen molar-refractivity contribution >= 4 is 0 Å². The predicted molar refractivity (Wildman–Crippen MR) is 76.2 cm³/mol. The van der Waals surface area contributed by atoms with Gasteiger partial charge < -0.3 is 10.3 Å². The fourth-order valence-electron chi connectivity index (χ4n) is 2.30. The molecule has 0 saturated heterocycles. The van der Waals surface area contributed by atoms with Crippen LogP contribution in [0, 0.1) is 13.8 Å². The van der Waals surface area contributed by atoms with Crippen LogP contribution in [0.2, 0.25) is 0 Å². The summed E-state index contributed by atoms with van der Waals surface area (Å²) in [6, 6.07) is 3.84. The van der Waals surface area contributed by atoms with Crippen LogP contribution in [0.1, 0.15) is 22.7 Å². The SMILES string of the molecule is Cc1noc(C)c1Cn1nnc(CN)c1-c1ccncc1. The normalized spacial score (nSPS) is 11.0. The summed E-state index contributed by atoms with van der Waals surface area (Å²) in [5.74, 6) is 0.790. The molecule has 0 bridgehead atoms. The van der Waals surface area contributed by atoms with Crippen LogP contribution in [-0.2, 0) is 13.1 Å². The molecular formula is C14H16N6O. The van der Waals surface area contributed by atoms with Crippen molar-refractivity contribution in [2.24, 2.45) is 5.73 Å². The van der Waals surface area contributed by atoms with Gasteiger partial charge in [0.05, 0.1) is 17.9 Å². The zero-order chi connectivity index (χ0) is 14.8. The third kappa shape index (κ3) is 2.43. The average molecular weight is 284 g/mol. The fraction of sp³-hybridized carbons (Fsp3) is 0.286. The lowest BCUT2D eigenvalue weighted by molar-refractivity contribution is 0.391. The first-order valence-electron chi connectivity index (χ1n) is 6.65.